The number of rotatable bonds is 2. The van der Waals surface area contributed by atoms with Gasteiger partial charge in [-0.1, -0.05) is 31.6 Å². The monoisotopic (exact) mass is 346 g/mol. The van der Waals surface area contributed by atoms with E-state index in [0.717, 1.165) is 18.4 Å². The first-order chi connectivity index (χ1) is 11.6. The van der Waals surface area contributed by atoms with Crippen molar-refractivity contribution < 1.29 is 24.2 Å². The Balaban J connectivity index is 2.16. The highest BCUT2D eigenvalue weighted by Gasteiger charge is 2.62. The van der Waals surface area contributed by atoms with Crippen LogP contribution in [-0.2, 0) is 19.1 Å². The van der Waals surface area contributed by atoms with Crippen LogP contribution in [0.5, 0.6) is 0 Å². The Hall–Kier alpha value is -1.88. The zero-order chi connectivity index (χ0) is 18.6. The van der Waals surface area contributed by atoms with E-state index in [4.69, 9.17) is 9.47 Å². The van der Waals surface area contributed by atoms with Crippen molar-refractivity contribution in [1.29, 1.82) is 0 Å². The van der Waals surface area contributed by atoms with Gasteiger partial charge in [0.15, 0.2) is 0 Å². The molecule has 1 N–H and O–H groups in total. The summed E-state index contributed by atoms with van der Waals surface area (Å²) >= 11 is 0. The molecule has 0 bridgehead atoms. The number of allylic oxidation sites excluding steroid dienone is 2. The van der Waals surface area contributed by atoms with Crippen molar-refractivity contribution in [3.8, 4) is 0 Å². The molecule has 2 aliphatic carbocycles. The van der Waals surface area contributed by atoms with Crippen LogP contribution in [0.15, 0.2) is 34.4 Å². The van der Waals surface area contributed by atoms with Crippen LogP contribution in [0.3, 0.4) is 0 Å². The van der Waals surface area contributed by atoms with Crippen LogP contribution in [0.4, 0.5) is 0 Å². The summed E-state index contributed by atoms with van der Waals surface area (Å²) in [5, 5.41) is 11.0. The second-order valence-electron chi connectivity index (χ2n) is 7.64. The largest absolute Gasteiger partial charge is 0.453 e. The lowest BCUT2D eigenvalue weighted by molar-refractivity contribution is -0.197. The minimum Gasteiger partial charge on any atom is -0.453 e. The standard InChI is InChI=1S/C20H26O5/c1-6-11(2)17(21)24-16-15-13(4)18(22)25-20(15,23)10-14-9-7-8-12(3)19(14,16)5/h6,9,12,16,23H,7-8,10H2,1-5H3. The average molecular weight is 346 g/mol. The first-order valence-electron chi connectivity index (χ1n) is 8.85. The fraction of sp³-hybridized carbons (Fsp3) is 0.600. The molecule has 3 aliphatic rings. The fourth-order valence-corrected chi connectivity index (χ4v) is 4.31. The lowest BCUT2D eigenvalue weighted by Gasteiger charge is -2.52. The Labute approximate surface area is 148 Å². The third-order valence-electron chi connectivity index (χ3n) is 6.32. The van der Waals surface area contributed by atoms with Gasteiger partial charge in [-0.05, 0) is 39.5 Å². The average Bonchev–Trinajstić information content (AvgIpc) is 2.78. The number of carbonyl (C=O) groups excluding carboxylic acids is 2. The maximum atomic E-state index is 12.5. The molecular weight excluding hydrogens is 320 g/mol. The maximum absolute atomic E-state index is 12.5. The van der Waals surface area contributed by atoms with Crippen LogP contribution in [0.1, 0.15) is 53.9 Å². The second-order valence-corrected chi connectivity index (χ2v) is 7.64. The summed E-state index contributed by atoms with van der Waals surface area (Å²) in [5.41, 5.74) is 1.78. The number of hydrogen-bond acceptors (Lipinski definition) is 5. The molecule has 0 spiro atoms. The topological polar surface area (TPSA) is 72.8 Å². The van der Waals surface area contributed by atoms with Gasteiger partial charge in [0.25, 0.3) is 0 Å². The van der Waals surface area contributed by atoms with Gasteiger partial charge in [-0.15, -0.1) is 0 Å². The zero-order valence-corrected chi connectivity index (χ0v) is 15.5. The van der Waals surface area contributed by atoms with E-state index in [2.05, 4.69) is 19.9 Å². The molecule has 5 nitrogen and oxygen atoms in total. The van der Waals surface area contributed by atoms with E-state index in [1.165, 1.54) is 0 Å². The van der Waals surface area contributed by atoms with Gasteiger partial charge in [-0.2, -0.15) is 0 Å². The van der Waals surface area contributed by atoms with Gasteiger partial charge in [0, 0.05) is 23.0 Å². The van der Waals surface area contributed by atoms with Crippen LogP contribution in [0, 0.1) is 11.3 Å². The van der Waals surface area contributed by atoms with Crippen LogP contribution in [0.25, 0.3) is 0 Å². The number of fused-ring (bicyclic) bond motifs is 2. The van der Waals surface area contributed by atoms with Crippen LogP contribution >= 0.6 is 0 Å². The first-order valence-corrected chi connectivity index (χ1v) is 8.85. The highest BCUT2D eigenvalue weighted by molar-refractivity contribution is 5.93. The first kappa shape index (κ1) is 17.9. The van der Waals surface area contributed by atoms with Gasteiger partial charge < -0.3 is 14.6 Å². The molecule has 136 valence electrons. The minimum absolute atomic E-state index is 0.239. The highest BCUT2D eigenvalue weighted by atomic mass is 16.7. The molecule has 4 unspecified atom stereocenters. The molecule has 0 aromatic rings. The van der Waals surface area contributed by atoms with Gasteiger partial charge in [0.05, 0.1) is 5.57 Å². The molecule has 1 aliphatic heterocycles. The van der Waals surface area contributed by atoms with Gasteiger partial charge in [-0.3, -0.25) is 0 Å². The lowest BCUT2D eigenvalue weighted by atomic mass is 9.56. The molecule has 0 aromatic carbocycles. The molecule has 0 radical (unpaired) electrons. The van der Waals surface area contributed by atoms with Crippen molar-refractivity contribution >= 4 is 11.9 Å². The normalized spacial score (nSPS) is 37.9. The Morgan fingerprint density at radius 3 is 2.80 bits per heavy atom. The second kappa shape index (κ2) is 5.84. The van der Waals surface area contributed by atoms with Crippen molar-refractivity contribution in [2.75, 3.05) is 0 Å². The van der Waals surface area contributed by atoms with E-state index in [-0.39, 0.29) is 12.3 Å². The summed E-state index contributed by atoms with van der Waals surface area (Å²) in [4.78, 5) is 24.7. The molecule has 25 heavy (non-hydrogen) atoms. The quantitative estimate of drug-likeness (QED) is 0.472. The predicted octanol–water partition coefficient (Wildman–Crippen LogP) is 3.19. The van der Waals surface area contributed by atoms with Gasteiger partial charge in [0.2, 0.25) is 5.79 Å². The molecule has 0 amide bonds. The van der Waals surface area contributed by atoms with E-state index >= 15 is 0 Å². The van der Waals surface area contributed by atoms with Crippen molar-refractivity contribution in [2.45, 2.75) is 65.8 Å². The zero-order valence-electron chi connectivity index (χ0n) is 15.5. The molecular formula is C20H26O5. The van der Waals surface area contributed by atoms with Crippen molar-refractivity contribution in [3.05, 3.63) is 34.4 Å². The number of esters is 2. The van der Waals surface area contributed by atoms with E-state index in [0.29, 0.717) is 16.7 Å². The number of aliphatic hydroxyl groups is 1. The summed E-state index contributed by atoms with van der Waals surface area (Å²) in [6.07, 6.45) is 5.18. The minimum atomic E-state index is -1.71. The third-order valence-corrected chi connectivity index (χ3v) is 6.32. The molecule has 3 rings (SSSR count). The van der Waals surface area contributed by atoms with E-state index in [1.54, 1.807) is 26.8 Å². The Bertz CT molecular complexity index is 728. The summed E-state index contributed by atoms with van der Waals surface area (Å²) in [5.74, 6) is -2.44. The van der Waals surface area contributed by atoms with Gasteiger partial charge in [0.1, 0.15) is 6.10 Å². The molecule has 5 heteroatoms. The lowest BCUT2D eigenvalue weighted by Crippen LogP contribution is -2.55. The molecule has 1 heterocycles. The fourth-order valence-electron chi connectivity index (χ4n) is 4.31. The summed E-state index contributed by atoms with van der Waals surface area (Å²) in [6.45, 7) is 9.29. The molecule has 1 fully saturated rings. The Kier molecular flexibility index (Phi) is 4.18. The third kappa shape index (κ3) is 2.48. The van der Waals surface area contributed by atoms with Crippen molar-refractivity contribution in [2.24, 2.45) is 11.3 Å². The van der Waals surface area contributed by atoms with Gasteiger partial charge >= 0.3 is 11.9 Å². The highest BCUT2D eigenvalue weighted by Crippen LogP contribution is 2.58. The SMILES string of the molecule is CC=C(C)C(=O)OC1C2=C(C)C(=O)OC2(O)CC2=CCCC(C)C21C. The van der Waals surface area contributed by atoms with Crippen molar-refractivity contribution in [3.63, 3.8) is 0 Å². The number of ether oxygens (including phenoxy) is 2. The summed E-state index contributed by atoms with van der Waals surface area (Å²) in [7, 11) is 0. The van der Waals surface area contributed by atoms with Crippen molar-refractivity contribution in [1.82, 2.24) is 0 Å². The smallest absolute Gasteiger partial charge is 0.336 e. The van der Waals surface area contributed by atoms with E-state index in [1.807, 2.05) is 0 Å². The van der Waals surface area contributed by atoms with E-state index in [9.17, 15) is 14.7 Å². The Morgan fingerprint density at radius 1 is 1.48 bits per heavy atom. The predicted molar refractivity (Wildman–Crippen MR) is 92.3 cm³/mol. The number of carbonyl (C=O) groups is 2. The molecule has 0 saturated heterocycles. The molecule has 0 aromatic heterocycles. The van der Waals surface area contributed by atoms with Gasteiger partial charge in [-0.25, -0.2) is 9.59 Å². The van der Waals surface area contributed by atoms with E-state index < -0.39 is 29.2 Å². The molecule has 4 atom stereocenters. The van der Waals surface area contributed by atoms with Crippen LogP contribution in [0.2, 0.25) is 0 Å². The molecule has 1 saturated carbocycles. The maximum Gasteiger partial charge on any atom is 0.336 e. The Morgan fingerprint density at radius 2 is 2.16 bits per heavy atom. The number of hydrogen-bond donors (Lipinski definition) is 1. The summed E-state index contributed by atoms with van der Waals surface area (Å²) < 4.78 is 11.2. The summed E-state index contributed by atoms with van der Waals surface area (Å²) in [6, 6.07) is 0. The van der Waals surface area contributed by atoms with Crippen LogP contribution < -0.4 is 0 Å². The van der Waals surface area contributed by atoms with Crippen LogP contribution in [-0.4, -0.2) is 28.9 Å².